The number of nitriles is 1. The van der Waals surface area contributed by atoms with Crippen LogP contribution in [0.2, 0.25) is 0 Å². The van der Waals surface area contributed by atoms with Gasteiger partial charge in [0.05, 0.1) is 11.7 Å². The number of hydrogen-bond donors (Lipinski definition) is 0. The first-order valence-corrected chi connectivity index (χ1v) is 11.9. The molecule has 1 aliphatic carbocycles. The number of benzene rings is 2. The van der Waals surface area contributed by atoms with Crippen LogP contribution in [-0.2, 0) is 21.4 Å². The number of hydrogen-bond acceptors (Lipinski definition) is 7. The second-order valence-electron chi connectivity index (χ2n) is 9.52. The average molecular weight is 473 g/mol. The molecule has 8 heteroatoms. The number of aromatic nitrogens is 2. The monoisotopic (exact) mass is 472 g/mol. The predicted molar refractivity (Wildman–Crippen MR) is 129 cm³/mol. The Morgan fingerprint density at radius 3 is 2.91 bits per heavy atom. The van der Waals surface area contributed by atoms with Crippen LogP contribution in [0.3, 0.4) is 0 Å². The summed E-state index contributed by atoms with van der Waals surface area (Å²) in [5, 5.41) is 13.8. The van der Waals surface area contributed by atoms with Crippen molar-refractivity contribution in [2.24, 2.45) is 0 Å². The quantitative estimate of drug-likeness (QED) is 0.532. The van der Waals surface area contributed by atoms with Gasteiger partial charge in [-0.1, -0.05) is 23.4 Å². The lowest BCUT2D eigenvalue weighted by Gasteiger charge is -2.25. The largest absolute Gasteiger partial charge is 0.490 e. The summed E-state index contributed by atoms with van der Waals surface area (Å²) in [6.07, 6.45) is 2.81. The van der Waals surface area contributed by atoms with Gasteiger partial charge in [-0.2, -0.15) is 10.2 Å². The van der Waals surface area contributed by atoms with Gasteiger partial charge in [0, 0.05) is 36.7 Å². The fraction of sp³-hybridized carbons (Fsp3) is 0.407. The predicted octanol–water partition coefficient (Wildman–Crippen LogP) is 4.13. The van der Waals surface area contributed by atoms with Crippen molar-refractivity contribution in [3.05, 3.63) is 53.1 Å². The van der Waals surface area contributed by atoms with Gasteiger partial charge in [-0.05, 0) is 62.4 Å². The first-order chi connectivity index (χ1) is 16.9. The number of carbonyl (C=O) groups is 1. The van der Waals surface area contributed by atoms with Gasteiger partial charge < -0.3 is 18.9 Å². The van der Waals surface area contributed by atoms with E-state index in [1.807, 2.05) is 36.9 Å². The molecule has 8 nitrogen and oxygen atoms in total. The lowest BCUT2D eigenvalue weighted by molar-refractivity contribution is -0.134. The molecule has 5 rings (SSSR count). The Labute approximate surface area is 204 Å². The minimum Gasteiger partial charge on any atom is -0.490 e. The van der Waals surface area contributed by atoms with Crippen LogP contribution in [0.4, 0.5) is 0 Å². The SMILES string of the molecule is COCC(=O)N1CCC2(CCc3c(-c4noc(-c5ccc(OC(C)C)c(C#N)c5)n4)cccc32)C1. The molecule has 0 saturated carbocycles. The minimum atomic E-state index is -0.0325. The van der Waals surface area contributed by atoms with Gasteiger partial charge in [0.2, 0.25) is 11.7 Å². The van der Waals surface area contributed by atoms with Crippen molar-refractivity contribution < 1.29 is 18.8 Å². The lowest BCUT2D eigenvalue weighted by Crippen LogP contribution is -2.35. The summed E-state index contributed by atoms with van der Waals surface area (Å²) < 4.78 is 16.4. The number of fused-ring (bicyclic) bond motifs is 2. The van der Waals surface area contributed by atoms with E-state index >= 15 is 0 Å². The number of methoxy groups -OCH3 is 1. The van der Waals surface area contributed by atoms with Crippen molar-refractivity contribution in [3.8, 4) is 34.7 Å². The third kappa shape index (κ3) is 4.17. The van der Waals surface area contributed by atoms with Crippen molar-refractivity contribution in [2.45, 2.75) is 44.6 Å². The first-order valence-electron chi connectivity index (χ1n) is 11.9. The maximum Gasteiger partial charge on any atom is 0.258 e. The molecule has 1 aliphatic heterocycles. The molecule has 1 saturated heterocycles. The third-order valence-electron chi connectivity index (χ3n) is 6.95. The van der Waals surface area contributed by atoms with E-state index in [-0.39, 0.29) is 24.0 Å². The summed E-state index contributed by atoms with van der Waals surface area (Å²) in [5.41, 5.74) is 4.51. The number of rotatable bonds is 6. The summed E-state index contributed by atoms with van der Waals surface area (Å²) in [7, 11) is 1.55. The van der Waals surface area contributed by atoms with Crippen LogP contribution in [0.5, 0.6) is 5.75 Å². The van der Waals surface area contributed by atoms with Crippen molar-refractivity contribution in [3.63, 3.8) is 0 Å². The average Bonchev–Trinajstić information content (AvgIpc) is 3.59. The van der Waals surface area contributed by atoms with E-state index in [0.29, 0.717) is 35.1 Å². The molecular weight excluding hydrogens is 444 g/mol. The maximum atomic E-state index is 12.4. The molecule has 35 heavy (non-hydrogen) atoms. The van der Waals surface area contributed by atoms with Crippen LogP contribution in [0.25, 0.3) is 22.8 Å². The summed E-state index contributed by atoms with van der Waals surface area (Å²) in [5.74, 6) is 1.46. The third-order valence-corrected chi connectivity index (χ3v) is 6.95. The highest BCUT2D eigenvalue weighted by Gasteiger charge is 2.46. The van der Waals surface area contributed by atoms with Crippen LogP contribution < -0.4 is 4.74 Å². The highest BCUT2D eigenvalue weighted by molar-refractivity contribution is 5.78. The normalized spacial score (nSPS) is 18.8. The molecule has 1 unspecified atom stereocenters. The number of likely N-dealkylation sites (tertiary alicyclic amines) is 1. The van der Waals surface area contributed by atoms with Gasteiger partial charge in [0.25, 0.3) is 5.89 Å². The molecular formula is C27H28N4O4. The highest BCUT2D eigenvalue weighted by atomic mass is 16.5. The molecule has 1 aromatic heterocycles. The van der Waals surface area contributed by atoms with Crippen molar-refractivity contribution in [1.82, 2.24) is 15.0 Å². The fourth-order valence-corrected chi connectivity index (χ4v) is 5.34. The Morgan fingerprint density at radius 2 is 2.14 bits per heavy atom. The summed E-state index contributed by atoms with van der Waals surface area (Å²) in [6, 6.07) is 13.7. The molecule has 2 heterocycles. The molecule has 0 radical (unpaired) electrons. The van der Waals surface area contributed by atoms with Crippen LogP contribution in [0.15, 0.2) is 40.9 Å². The van der Waals surface area contributed by atoms with Crippen molar-refractivity contribution in [2.75, 3.05) is 26.8 Å². The maximum absolute atomic E-state index is 12.4. The van der Waals surface area contributed by atoms with Crippen LogP contribution in [-0.4, -0.2) is 53.9 Å². The smallest absolute Gasteiger partial charge is 0.258 e. The van der Waals surface area contributed by atoms with E-state index in [9.17, 15) is 10.1 Å². The molecule has 1 amide bonds. The summed E-state index contributed by atoms with van der Waals surface area (Å²) >= 11 is 0. The van der Waals surface area contributed by atoms with E-state index in [4.69, 9.17) is 14.0 Å². The Bertz CT molecular complexity index is 1310. The van der Waals surface area contributed by atoms with Gasteiger partial charge in [-0.25, -0.2) is 0 Å². The van der Waals surface area contributed by atoms with Crippen LogP contribution in [0, 0.1) is 11.3 Å². The second-order valence-corrected chi connectivity index (χ2v) is 9.52. The summed E-state index contributed by atoms with van der Waals surface area (Å²) in [4.78, 5) is 19.0. The molecule has 3 aromatic rings. The highest BCUT2D eigenvalue weighted by Crippen LogP contribution is 2.48. The van der Waals surface area contributed by atoms with E-state index < -0.39 is 0 Å². The summed E-state index contributed by atoms with van der Waals surface area (Å²) in [6.45, 7) is 5.41. The van der Waals surface area contributed by atoms with Gasteiger partial charge in [0.15, 0.2) is 0 Å². The topological polar surface area (TPSA) is 101 Å². The zero-order valence-electron chi connectivity index (χ0n) is 20.2. The molecule has 1 spiro atoms. The molecule has 2 aliphatic rings. The van der Waals surface area contributed by atoms with Crippen LogP contribution >= 0.6 is 0 Å². The van der Waals surface area contributed by atoms with Gasteiger partial charge in [-0.3, -0.25) is 4.79 Å². The van der Waals surface area contributed by atoms with E-state index in [0.717, 1.165) is 31.4 Å². The lowest BCUT2D eigenvalue weighted by atomic mass is 9.81. The van der Waals surface area contributed by atoms with Gasteiger partial charge in [0.1, 0.15) is 18.4 Å². The molecule has 1 atom stereocenters. The minimum absolute atomic E-state index is 0.0310. The Morgan fingerprint density at radius 1 is 1.29 bits per heavy atom. The second kappa shape index (κ2) is 9.16. The number of ether oxygens (including phenoxy) is 2. The standard InChI is InChI=1S/C27H28N4O4/c1-17(2)34-23-8-7-18(13-19(23)14-28)26-29-25(30-35-26)21-5-4-6-22-20(21)9-10-27(22)11-12-31(16-27)24(32)15-33-3/h4-8,13,17H,9-12,15-16H2,1-3H3. The molecule has 0 N–H and O–H groups in total. The molecule has 1 fully saturated rings. The number of amides is 1. The first kappa shape index (κ1) is 23.1. The van der Waals surface area contributed by atoms with E-state index in [1.54, 1.807) is 19.2 Å². The van der Waals surface area contributed by atoms with Crippen molar-refractivity contribution in [1.29, 1.82) is 5.26 Å². The van der Waals surface area contributed by atoms with Crippen LogP contribution in [0.1, 0.15) is 43.4 Å². The van der Waals surface area contributed by atoms with Gasteiger partial charge >= 0.3 is 0 Å². The molecule has 180 valence electrons. The number of nitrogens with zero attached hydrogens (tertiary/aromatic N) is 4. The Hall–Kier alpha value is -3.70. The fourth-order valence-electron chi connectivity index (χ4n) is 5.34. The Balaban J connectivity index is 1.43. The van der Waals surface area contributed by atoms with E-state index in [1.165, 1.54) is 11.1 Å². The van der Waals surface area contributed by atoms with Crippen molar-refractivity contribution >= 4 is 5.91 Å². The number of carbonyl (C=O) groups excluding carboxylic acids is 1. The van der Waals surface area contributed by atoms with Gasteiger partial charge in [-0.15, -0.1) is 0 Å². The Kier molecular flexibility index (Phi) is 6.03. The molecule has 0 bridgehead atoms. The zero-order valence-corrected chi connectivity index (χ0v) is 20.2. The molecule has 2 aromatic carbocycles. The zero-order chi connectivity index (χ0) is 24.6. The van der Waals surface area contributed by atoms with E-state index in [2.05, 4.69) is 22.3 Å².